The van der Waals surface area contributed by atoms with Crippen LogP contribution in [0.15, 0.2) is 42.6 Å². The topological polar surface area (TPSA) is 66.2 Å². The number of nitriles is 1. The first-order valence-electron chi connectivity index (χ1n) is 7.19. The van der Waals surface area contributed by atoms with Gasteiger partial charge in [-0.2, -0.15) is 5.26 Å². The largest absolute Gasteiger partial charge is 0.471 e. The van der Waals surface area contributed by atoms with Gasteiger partial charge in [0.15, 0.2) is 0 Å². The summed E-state index contributed by atoms with van der Waals surface area (Å²) in [7, 11) is 0. The molecule has 0 N–H and O–H groups in total. The van der Waals surface area contributed by atoms with Crippen LogP contribution in [0.25, 0.3) is 0 Å². The maximum absolute atomic E-state index is 12.2. The summed E-state index contributed by atoms with van der Waals surface area (Å²) in [6.45, 7) is 1.07. The maximum atomic E-state index is 12.2. The SMILES string of the molecule is N#Cc1ccnc(OC2CN(C(=O)Cc3ccc(Cl)cc3)C2)c1. The Morgan fingerprint density at radius 1 is 1.35 bits per heavy atom. The zero-order valence-corrected chi connectivity index (χ0v) is 13.0. The molecule has 0 saturated carbocycles. The van der Waals surface area contributed by atoms with Crippen molar-refractivity contribution in [2.75, 3.05) is 13.1 Å². The molecule has 116 valence electrons. The minimum absolute atomic E-state index is 0.0610. The number of amides is 1. The third-order valence-electron chi connectivity index (χ3n) is 3.62. The van der Waals surface area contributed by atoms with Gasteiger partial charge in [0.1, 0.15) is 6.10 Å². The molecule has 1 saturated heterocycles. The van der Waals surface area contributed by atoms with Crippen molar-refractivity contribution in [3.8, 4) is 11.9 Å². The molecule has 1 aliphatic rings. The Balaban J connectivity index is 1.49. The molecular formula is C17H14ClN3O2. The number of hydrogen-bond acceptors (Lipinski definition) is 4. The lowest BCUT2D eigenvalue weighted by Crippen LogP contribution is -2.56. The van der Waals surface area contributed by atoms with E-state index in [1.165, 1.54) is 6.20 Å². The molecule has 0 bridgehead atoms. The van der Waals surface area contributed by atoms with Crippen LogP contribution in [0.1, 0.15) is 11.1 Å². The molecule has 0 unspecified atom stereocenters. The molecule has 0 radical (unpaired) electrons. The number of ether oxygens (including phenoxy) is 1. The summed E-state index contributed by atoms with van der Waals surface area (Å²) in [6.07, 6.45) is 1.81. The second kappa shape index (κ2) is 6.67. The van der Waals surface area contributed by atoms with E-state index in [0.717, 1.165) is 5.56 Å². The number of hydrogen-bond donors (Lipinski definition) is 0. The highest BCUT2D eigenvalue weighted by Gasteiger charge is 2.32. The zero-order chi connectivity index (χ0) is 16.2. The number of carbonyl (C=O) groups excluding carboxylic acids is 1. The summed E-state index contributed by atoms with van der Waals surface area (Å²) in [5.74, 6) is 0.477. The van der Waals surface area contributed by atoms with E-state index in [2.05, 4.69) is 4.98 Å². The fourth-order valence-electron chi connectivity index (χ4n) is 2.32. The number of carbonyl (C=O) groups is 1. The smallest absolute Gasteiger partial charge is 0.227 e. The predicted molar refractivity (Wildman–Crippen MR) is 85.1 cm³/mol. The Kier molecular flexibility index (Phi) is 4.45. The van der Waals surface area contributed by atoms with Crippen LogP contribution in [0.5, 0.6) is 5.88 Å². The molecule has 1 aromatic heterocycles. The summed E-state index contributed by atoms with van der Waals surface area (Å²) in [6, 6.07) is 12.5. The lowest BCUT2D eigenvalue weighted by molar-refractivity contribution is -0.139. The van der Waals surface area contributed by atoms with Crippen LogP contribution in [0.4, 0.5) is 0 Å². The van der Waals surface area contributed by atoms with Crippen LogP contribution in [-0.2, 0) is 11.2 Å². The highest BCUT2D eigenvalue weighted by Crippen LogP contribution is 2.18. The van der Waals surface area contributed by atoms with Crippen molar-refractivity contribution in [3.63, 3.8) is 0 Å². The summed E-state index contributed by atoms with van der Waals surface area (Å²) in [4.78, 5) is 18.0. The Morgan fingerprint density at radius 3 is 2.78 bits per heavy atom. The van der Waals surface area contributed by atoms with Gasteiger partial charge in [0.25, 0.3) is 0 Å². The number of benzene rings is 1. The lowest BCUT2D eigenvalue weighted by Gasteiger charge is -2.38. The normalized spacial score (nSPS) is 14.0. The monoisotopic (exact) mass is 327 g/mol. The molecule has 2 heterocycles. The molecule has 0 aliphatic carbocycles. The Labute approximate surface area is 139 Å². The minimum Gasteiger partial charge on any atom is -0.471 e. The highest BCUT2D eigenvalue weighted by atomic mass is 35.5. The third kappa shape index (κ3) is 3.79. The number of halogens is 1. The molecule has 1 aliphatic heterocycles. The van der Waals surface area contributed by atoms with E-state index in [9.17, 15) is 4.79 Å². The van der Waals surface area contributed by atoms with Crippen molar-refractivity contribution < 1.29 is 9.53 Å². The van der Waals surface area contributed by atoms with Crippen LogP contribution in [0.2, 0.25) is 5.02 Å². The fourth-order valence-corrected chi connectivity index (χ4v) is 2.45. The van der Waals surface area contributed by atoms with Gasteiger partial charge in [-0.15, -0.1) is 0 Å². The van der Waals surface area contributed by atoms with Crippen LogP contribution >= 0.6 is 11.6 Å². The van der Waals surface area contributed by atoms with Crippen molar-refractivity contribution in [3.05, 3.63) is 58.7 Å². The number of likely N-dealkylation sites (tertiary alicyclic amines) is 1. The van der Waals surface area contributed by atoms with Gasteiger partial charge < -0.3 is 9.64 Å². The molecular weight excluding hydrogens is 314 g/mol. The molecule has 1 aromatic carbocycles. The molecule has 2 aromatic rings. The Bertz CT molecular complexity index is 749. The van der Waals surface area contributed by atoms with E-state index in [0.29, 0.717) is 36.0 Å². The molecule has 0 atom stereocenters. The lowest BCUT2D eigenvalue weighted by atomic mass is 10.1. The number of nitrogens with zero attached hydrogens (tertiary/aromatic N) is 3. The third-order valence-corrected chi connectivity index (χ3v) is 3.87. The average molecular weight is 328 g/mol. The van der Waals surface area contributed by atoms with Crippen LogP contribution < -0.4 is 4.74 Å². The van der Waals surface area contributed by atoms with Gasteiger partial charge in [-0.1, -0.05) is 23.7 Å². The van der Waals surface area contributed by atoms with E-state index in [4.69, 9.17) is 21.6 Å². The number of pyridine rings is 1. The van der Waals surface area contributed by atoms with Crippen molar-refractivity contribution in [1.82, 2.24) is 9.88 Å². The highest BCUT2D eigenvalue weighted by molar-refractivity contribution is 6.30. The predicted octanol–water partition coefficient (Wildman–Crippen LogP) is 2.44. The average Bonchev–Trinajstić information content (AvgIpc) is 2.52. The van der Waals surface area contributed by atoms with E-state index in [-0.39, 0.29) is 12.0 Å². The van der Waals surface area contributed by atoms with Crippen LogP contribution in [-0.4, -0.2) is 35.0 Å². The summed E-state index contributed by atoms with van der Waals surface area (Å²) < 4.78 is 5.67. The maximum Gasteiger partial charge on any atom is 0.227 e. The van der Waals surface area contributed by atoms with Crippen molar-refractivity contribution in [2.45, 2.75) is 12.5 Å². The molecule has 23 heavy (non-hydrogen) atoms. The molecule has 6 heteroatoms. The van der Waals surface area contributed by atoms with E-state index >= 15 is 0 Å². The summed E-state index contributed by atoms with van der Waals surface area (Å²) in [5.41, 5.74) is 1.44. The second-order valence-electron chi connectivity index (χ2n) is 5.34. The summed E-state index contributed by atoms with van der Waals surface area (Å²) >= 11 is 5.83. The number of rotatable bonds is 4. The molecule has 5 nitrogen and oxygen atoms in total. The van der Waals surface area contributed by atoms with Gasteiger partial charge >= 0.3 is 0 Å². The van der Waals surface area contributed by atoms with E-state index < -0.39 is 0 Å². The van der Waals surface area contributed by atoms with Crippen LogP contribution in [0, 0.1) is 11.3 Å². The standard InChI is InChI=1S/C17H14ClN3O2/c18-14-3-1-12(2-4-14)8-17(22)21-10-15(11-21)23-16-7-13(9-19)5-6-20-16/h1-7,15H,8,10-11H2. The molecule has 1 fully saturated rings. The van der Waals surface area contributed by atoms with Crippen LogP contribution in [0.3, 0.4) is 0 Å². The molecule has 3 rings (SSSR count). The first-order chi connectivity index (χ1) is 11.1. The Morgan fingerprint density at radius 2 is 2.09 bits per heavy atom. The van der Waals surface area contributed by atoms with Crippen molar-refractivity contribution >= 4 is 17.5 Å². The van der Waals surface area contributed by atoms with E-state index in [1.807, 2.05) is 18.2 Å². The first kappa shape index (κ1) is 15.3. The first-order valence-corrected chi connectivity index (χ1v) is 7.57. The number of aromatic nitrogens is 1. The van der Waals surface area contributed by atoms with Gasteiger partial charge in [-0.25, -0.2) is 4.98 Å². The Hall–Kier alpha value is -2.58. The molecule has 0 spiro atoms. The summed E-state index contributed by atoms with van der Waals surface area (Å²) in [5, 5.41) is 9.50. The van der Waals surface area contributed by atoms with Crippen molar-refractivity contribution in [1.29, 1.82) is 5.26 Å². The second-order valence-corrected chi connectivity index (χ2v) is 5.77. The quantitative estimate of drug-likeness (QED) is 0.865. The van der Waals surface area contributed by atoms with Gasteiger partial charge in [0.05, 0.1) is 31.1 Å². The minimum atomic E-state index is -0.0781. The fraction of sp³-hybridized carbons (Fsp3) is 0.235. The van der Waals surface area contributed by atoms with Crippen molar-refractivity contribution in [2.24, 2.45) is 0 Å². The van der Waals surface area contributed by atoms with Gasteiger partial charge in [-0.3, -0.25) is 4.79 Å². The van der Waals surface area contributed by atoms with Gasteiger partial charge in [0, 0.05) is 17.3 Å². The van der Waals surface area contributed by atoms with Gasteiger partial charge in [-0.05, 0) is 23.8 Å². The zero-order valence-electron chi connectivity index (χ0n) is 12.3. The van der Waals surface area contributed by atoms with Gasteiger partial charge in [0.2, 0.25) is 11.8 Å². The van der Waals surface area contributed by atoms with E-state index in [1.54, 1.807) is 29.2 Å². The molecule has 1 amide bonds.